The molecule has 0 aliphatic heterocycles. The van der Waals surface area contributed by atoms with Crippen molar-refractivity contribution in [3.63, 3.8) is 0 Å². The summed E-state index contributed by atoms with van der Waals surface area (Å²) in [5, 5.41) is 0.448. The maximum atomic E-state index is 10.9. The first kappa shape index (κ1) is 9.80. The second-order valence-electron chi connectivity index (χ2n) is 1.97. The first-order chi connectivity index (χ1) is 5.56. The highest BCUT2D eigenvalue weighted by Gasteiger charge is 2.13. The van der Waals surface area contributed by atoms with Gasteiger partial charge in [0.05, 0.1) is 16.8 Å². The van der Waals surface area contributed by atoms with Crippen molar-refractivity contribution in [3.05, 3.63) is 29.3 Å². The monoisotopic (exact) mass is 226 g/mol. The Balaban J connectivity index is 3.14. The first-order valence-electron chi connectivity index (χ1n) is 2.87. The van der Waals surface area contributed by atoms with Crippen LogP contribution in [0.2, 0.25) is 5.02 Å². The zero-order chi connectivity index (χ0) is 9.19. The molecule has 0 saturated carbocycles. The van der Waals surface area contributed by atoms with Crippen LogP contribution in [0.15, 0.2) is 29.2 Å². The Hall–Kier alpha value is -0.290. The second kappa shape index (κ2) is 3.62. The molecule has 0 atom stereocenters. The van der Waals surface area contributed by atoms with Crippen LogP contribution in [0.25, 0.3) is 0 Å². The maximum absolute atomic E-state index is 10.9. The Labute approximate surface area is 80.2 Å². The third-order valence-electron chi connectivity index (χ3n) is 1.19. The molecule has 3 nitrogen and oxygen atoms in total. The molecule has 0 N–H and O–H groups in total. The van der Waals surface area contributed by atoms with Crippen LogP contribution in [-0.2, 0) is 13.9 Å². The highest BCUT2D eigenvalue weighted by Crippen LogP contribution is 2.16. The minimum atomic E-state index is -3.81. The van der Waals surface area contributed by atoms with Gasteiger partial charge in [0.15, 0.2) is 0 Å². The van der Waals surface area contributed by atoms with E-state index in [1.807, 2.05) is 0 Å². The van der Waals surface area contributed by atoms with E-state index >= 15 is 0 Å². The van der Waals surface area contributed by atoms with Crippen molar-refractivity contribution in [1.29, 1.82) is 0 Å². The van der Waals surface area contributed by atoms with E-state index in [2.05, 4.69) is 3.74 Å². The third-order valence-corrected chi connectivity index (χ3v) is 2.95. The lowest BCUT2D eigenvalue weighted by atomic mass is 10.4. The third kappa shape index (κ3) is 2.10. The molecular formula is C6H4Cl2O3S. The van der Waals surface area contributed by atoms with Gasteiger partial charge >= 0.3 is 10.1 Å². The molecule has 0 aromatic heterocycles. The quantitative estimate of drug-likeness (QED) is 0.777. The minimum absolute atomic E-state index is 0.0260. The van der Waals surface area contributed by atoms with Gasteiger partial charge in [-0.2, -0.15) is 12.2 Å². The Kier molecular flexibility index (Phi) is 2.95. The van der Waals surface area contributed by atoms with E-state index in [-0.39, 0.29) is 4.90 Å². The Morgan fingerprint density at radius 2 is 1.67 bits per heavy atom. The van der Waals surface area contributed by atoms with Gasteiger partial charge in [0, 0.05) is 5.02 Å². The van der Waals surface area contributed by atoms with Crippen LogP contribution in [0.3, 0.4) is 0 Å². The smallest absolute Gasteiger partial charge is 0.193 e. The van der Waals surface area contributed by atoms with Gasteiger partial charge in [-0.05, 0) is 24.3 Å². The molecule has 0 spiro atoms. The van der Waals surface area contributed by atoms with Crippen LogP contribution in [0.5, 0.6) is 0 Å². The minimum Gasteiger partial charge on any atom is -0.193 e. The topological polar surface area (TPSA) is 43.4 Å². The van der Waals surface area contributed by atoms with Crippen LogP contribution >= 0.6 is 23.5 Å². The van der Waals surface area contributed by atoms with Crippen molar-refractivity contribution in [2.45, 2.75) is 4.90 Å². The van der Waals surface area contributed by atoms with E-state index in [0.717, 1.165) is 0 Å². The van der Waals surface area contributed by atoms with Crippen molar-refractivity contribution in [1.82, 2.24) is 0 Å². The van der Waals surface area contributed by atoms with Gasteiger partial charge in [-0.3, -0.25) is 0 Å². The second-order valence-corrected chi connectivity index (χ2v) is 4.29. The van der Waals surface area contributed by atoms with Gasteiger partial charge in [0.25, 0.3) is 0 Å². The molecule has 0 bridgehead atoms. The normalized spacial score (nSPS) is 11.5. The van der Waals surface area contributed by atoms with Crippen LogP contribution in [0.4, 0.5) is 0 Å². The number of hydrogen-bond donors (Lipinski definition) is 0. The Morgan fingerprint density at radius 1 is 1.17 bits per heavy atom. The van der Waals surface area contributed by atoms with E-state index < -0.39 is 10.1 Å². The van der Waals surface area contributed by atoms with Gasteiger partial charge < -0.3 is 0 Å². The van der Waals surface area contributed by atoms with E-state index in [4.69, 9.17) is 23.5 Å². The molecule has 0 aliphatic carbocycles. The molecule has 6 heteroatoms. The molecule has 0 saturated heterocycles. The van der Waals surface area contributed by atoms with E-state index in [0.29, 0.717) is 5.02 Å². The van der Waals surface area contributed by atoms with E-state index in [1.165, 1.54) is 24.3 Å². The number of halogens is 2. The van der Waals surface area contributed by atoms with Crippen molar-refractivity contribution >= 4 is 33.6 Å². The van der Waals surface area contributed by atoms with Gasteiger partial charge in [0.2, 0.25) is 0 Å². The van der Waals surface area contributed by atoms with Crippen molar-refractivity contribution in [3.8, 4) is 0 Å². The molecule has 0 unspecified atom stereocenters. The summed E-state index contributed by atoms with van der Waals surface area (Å²) >= 11 is 10.3. The fourth-order valence-corrected chi connectivity index (χ4v) is 1.52. The summed E-state index contributed by atoms with van der Waals surface area (Å²) in [7, 11) is -3.81. The zero-order valence-corrected chi connectivity index (χ0v) is 8.03. The molecule has 0 amide bonds. The Morgan fingerprint density at radius 3 is 2.08 bits per heavy atom. The lowest BCUT2D eigenvalue weighted by Gasteiger charge is -1.97. The molecule has 1 rings (SSSR count). The molecule has 1 aromatic rings. The number of rotatable bonds is 2. The average molecular weight is 227 g/mol. The molecule has 1 aromatic carbocycles. The van der Waals surface area contributed by atoms with Gasteiger partial charge in [-0.15, -0.1) is 0 Å². The summed E-state index contributed by atoms with van der Waals surface area (Å²) in [6.07, 6.45) is 0. The highest BCUT2D eigenvalue weighted by molar-refractivity contribution is 7.87. The molecule has 0 aliphatic rings. The average Bonchev–Trinajstić information content (AvgIpc) is 2.05. The summed E-state index contributed by atoms with van der Waals surface area (Å²) in [5.74, 6) is 0. The highest BCUT2D eigenvalue weighted by atomic mass is 35.5. The van der Waals surface area contributed by atoms with Gasteiger partial charge in [-0.25, -0.2) is 0 Å². The largest absolute Gasteiger partial charge is 0.312 e. The van der Waals surface area contributed by atoms with Crippen LogP contribution in [0, 0.1) is 0 Å². The summed E-state index contributed by atoms with van der Waals surface area (Å²) in [4.78, 5) is -0.0260. The summed E-state index contributed by atoms with van der Waals surface area (Å²) in [5.41, 5.74) is 0. The van der Waals surface area contributed by atoms with Crippen LogP contribution < -0.4 is 0 Å². The predicted molar refractivity (Wildman–Crippen MR) is 45.6 cm³/mol. The van der Waals surface area contributed by atoms with Crippen molar-refractivity contribution < 1.29 is 12.2 Å². The molecule has 0 heterocycles. The maximum Gasteiger partial charge on any atom is 0.312 e. The molecule has 12 heavy (non-hydrogen) atoms. The van der Waals surface area contributed by atoms with Crippen LogP contribution in [0.1, 0.15) is 0 Å². The van der Waals surface area contributed by atoms with Crippen molar-refractivity contribution in [2.24, 2.45) is 0 Å². The van der Waals surface area contributed by atoms with Crippen molar-refractivity contribution in [2.75, 3.05) is 0 Å². The fraction of sp³-hybridized carbons (Fsp3) is 0. The summed E-state index contributed by atoms with van der Waals surface area (Å²) in [6.45, 7) is 0. The number of hydrogen-bond acceptors (Lipinski definition) is 3. The summed E-state index contributed by atoms with van der Waals surface area (Å²) in [6, 6.07) is 5.48. The lowest BCUT2D eigenvalue weighted by molar-refractivity contribution is 0.509. The zero-order valence-electron chi connectivity index (χ0n) is 5.70. The number of benzene rings is 1. The van der Waals surface area contributed by atoms with Crippen LogP contribution in [-0.4, -0.2) is 8.42 Å². The molecular weight excluding hydrogens is 223 g/mol. The first-order valence-corrected chi connectivity index (χ1v) is 4.96. The standard InChI is InChI=1S/C6H4Cl2O3S/c7-5-1-3-6(4-2-5)12(9,10)11-8/h1-4H. The molecule has 66 valence electrons. The van der Waals surface area contributed by atoms with Gasteiger partial charge in [-0.1, -0.05) is 11.6 Å². The van der Waals surface area contributed by atoms with E-state index in [9.17, 15) is 8.42 Å². The lowest BCUT2D eigenvalue weighted by Crippen LogP contribution is -1.98. The predicted octanol–water partition coefficient (Wildman–Crippen LogP) is 2.20. The Bertz CT molecular complexity index is 357. The SMILES string of the molecule is O=S(=O)(OCl)c1ccc(Cl)cc1. The molecule has 0 radical (unpaired) electrons. The van der Waals surface area contributed by atoms with E-state index in [1.54, 1.807) is 0 Å². The molecule has 0 fully saturated rings. The van der Waals surface area contributed by atoms with Gasteiger partial charge in [0.1, 0.15) is 0 Å². The summed E-state index contributed by atoms with van der Waals surface area (Å²) < 4.78 is 25.6. The fourth-order valence-electron chi connectivity index (χ4n) is 0.638.